The van der Waals surface area contributed by atoms with E-state index in [1.54, 1.807) is 23.9 Å². The van der Waals surface area contributed by atoms with E-state index in [0.717, 1.165) is 17.8 Å². The Kier molecular flexibility index (Phi) is 5.97. The van der Waals surface area contributed by atoms with Gasteiger partial charge in [0.15, 0.2) is 0 Å². The van der Waals surface area contributed by atoms with Crippen molar-refractivity contribution in [3.63, 3.8) is 0 Å². The second-order valence-corrected chi connectivity index (χ2v) is 7.01. The molecule has 0 saturated carbocycles. The summed E-state index contributed by atoms with van der Waals surface area (Å²) in [5.41, 5.74) is 1.72. The van der Waals surface area contributed by atoms with Gasteiger partial charge < -0.3 is 5.32 Å². The first-order valence-corrected chi connectivity index (χ1v) is 9.19. The maximum absolute atomic E-state index is 12.8. The molecule has 0 aliphatic rings. The molecule has 2 aromatic heterocycles. The van der Waals surface area contributed by atoms with Crippen LogP contribution in [0.4, 0.5) is 18.9 Å². The first kappa shape index (κ1) is 20.9. The monoisotopic (exact) mass is 425 g/mol. The van der Waals surface area contributed by atoms with Crippen molar-refractivity contribution in [2.24, 2.45) is 0 Å². The fourth-order valence-corrected chi connectivity index (χ4v) is 3.01. The smallest absolute Gasteiger partial charge is 0.323 e. The van der Waals surface area contributed by atoms with Crippen LogP contribution in [0.3, 0.4) is 0 Å². The highest BCUT2D eigenvalue weighted by molar-refractivity contribution is 6.31. The van der Waals surface area contributed by atoms with Crippen molar-refractivity contribution >= 4 is 23.2 Å². The minimum atomic E-state index is -4.39. The van der Waals surface area contributed by atoms with Crippen LogP contribution < -0.4 is 5.32 Å². The molecule has 154 valence electrons. The zero-order chi connectivity index (χ0) is 21.2. The Labute approximate surface area is 170 Å². The average molecular weight is 426 g/mol. The molecule has 0 aliphatic heterocycles. The van der Waals surface area contributed by atoms with E-state index >= 15 is 0 Å². The largest absolute Gasteiger partial charge is 0.416 e. The third kappa shape index (κ3) is 5.17. The van der Waals surface area contributed by atoms with Crippen molar-refractivity contribution in [3.05, 3.63) is 64.2 Å². The standard InChI is InChI=1S/C19H19ClF3N5O/c1-12-18(20)13(2)28(26-12)7-6-17(29)25-16-9-24-27(11-16)10-14-4-3-5-15(8-14)19(21,22)23/h3-5,8-9,11H,6-7,10H2,1-2H3,(H,25,29). The molecule has 1 amide bonds. The van der Waals surface area contributed by atoms with Gasteiger partial charge in [-0.1, -0.05) is 23.7 Å². The lowest BCUT2D eigenvalue weighted by Gasteiger charge is -2.08. The molecular formula is C19H19ClF3N5O. The summed E-state index contributed by atoms with van der Waals surface area (Å²) in [6.07, 6.45) is -1.18. The predicted octanol–water partition coefficient (Wildman–Crippen LogP) is 4.45. The van der Waals surface area contributed by atoms with Crippen molar-refractivity contribution in [1.82, 2.24) is 19.6 Å². The number of anilines is 1. The zero-order valence-corrected chi connectivity index (χ0v) is 16.6. The third-order valence-electron chi connectivity index (χ3n) is 4.36. The molecule has 0 spiro atoms. The Balaban J connectivity index is 1.57. The summed E-state index contributed by atoms with van der Waals surface area (Å²) >= 11 is 6.09. The molecule has 0 unspecified atom stereocenters. The number of hydrogen-bond donors (Lipinski definition) is 1. The van der Waals surface area contributed by atoms with Crippen LogP contribution in [0, 0.1) is 13.8 Å². The average Bonchev–Trinajstić information content (AvgIpc) is 3.19. The van der Waals surface area contributed by atoms with Crippen molar-refractivity contribution in [2.75, 3.05) is 5.32 Å². The fraction of sp³-hybridized carbons (Fsp3) is 0.316. The second kappa shape index (κ2) is 8.28. The highest BCUT2D eigenvalue weighted by Gasteiger charge is 2.30. The van der Waals surface area contributed by atoms with E-state index in [2.05, 4.69) is 15.5 Å². The zero-order valence-electron chi connectivity index (χ0n) is 15.8. The molecule has 3 rings (SSSR count). The molecule has 3 aromatic rings. The number of carbonyl (C=O) groups excluding carboxylic acids is 1. The molecule has 1 N–H and O–H groups in total. The summed E-state index contributed by atoms with van der Waals surface area (Å²) in [6, 6.07) is 5.05. The molecule has 0 saturated heterocycles. The number of rotatable bonds is 6. The van der Waals surface area contributed by atoms with Gasteiger partial charge in [0.2, 0.25) is 5.91 Å². The quantitative estimate of drug-likeness (QED) is 0.634. The molecule has 6 nitrogen and oxygen atoms in total. The maximum atomic E-state index is 12.8. The highest BCUT2D eigenvalue weighted by atomic mass is 35.5. The number of nitrogens with zero attached hydrogens (tertiary/aromatic N) is 4. The molecule has 0 radical (unpaired) electrons. The van der Waals surface area contributed by atoms with Gasteiger partial charge in [-0.05, 0) is 31.5 Å². The molecule has 0 fully saturated rings. The fourth-order valence-electron chi connectivity index (χ4n) is 2.87. The molecule has 2 heterocycles. The topological polar surface area (TPSA) is 64.7 Å². The molecular weight excluding hydrogens is 407 g/mol. The van der Waals surface area contributed by atoms with Crippen LogP contribution in [0.1, 0.15) is 28.9 Å². The summed E-state index contributed by atoms with van der Waals surface area (Å²) in [4.78, 5) is 12.2. The van der Waals surface area contributed by atoms with Gasteiger partial charge in [0.05, 0.1) is 46.9 Å². The number of aryl methyl sites for hydroxylation is 2. The van der Waals surface area contributed by atoms with Gasteiger partial charge in [0, 0.05) is 12.6 Å². The Morgan fingerprint density at radius 2 is 2.03 bits per heavy atom. The summed E-state index contributed by atoms with van der Waals surface area (Å²) < 4.78 is 41.6. The van der Waals surface area contributed by atoms with Crippen LogP contribution in [0.15, 0.2) is 36.7 Å². The predicted molar refractivity (Wildman–Crippen MR) is 103 cm³/mol. The Morgan fingerprint density at radius 1 is 1.28 bits per heavy atom. The second-order valence-electron chi connectivity index (χ2n) is 6.63. The van der Waals surface area contributed by atoms with Crippen molar-refractivity contribution in [3.8, 4) is 0 Å². The summed E-state index contributed by atoms with van der Waals surface area (Å²) in [5, 5.41) is 11.7. The van der Waals surface area contributed by atoms with Gasteiger partial charge >= 0.3 is 6.18 Å². The van der Waals surface area contributed by atoms with Crippen molar-refractivity contribution < 1.29 is 18.0 Å². The van der Waals surface area contributed by atoms with Crippen LogP contribution in [0.25, 0.3) is 0 Å². The molecule has 29 heavy (non-hydrogen) atoms. The first-order valence-electron chi connectivity index (χ1n) is 8.81. The number of aromatic nitrogens is 4. The van der Waals surface area contributed by atoms with E-state index in [1.807, 2.05) is 6.92 Å². The van der Waals surface area contributed by atoms with E-state index in [-0.39, 0.29) is 18.9 Å². The van der Waals surface area contributed by atoms with E-state index in [0.29, 0.717) is 28.5 Å². The van der Waals surface area contributed by atoms with Gasteiger partial charge in [-0.2, -0.15) is 23.4 Å². The van der Waals surface area contributed by atoms with Crippen molar-refractivity contribution in [1.29, 1.82) is 0 Å². The van der Waals surface area contributed by atoms with Crippen LogP contribution in [-0.4, -0.2) is 25.5 Å². The lowest BCUT2D eigenvalue weighted by molar-refractivity contribution is -0.137. The number of benzene rings is 1. The summed E-state index contributed by atoms with van der Waals surface area (Å²) in [7, 11) is 0. The van der Waals surface area contributed by atoms with E-state index in [4.69, 9.17) is 11.6 Å². The van der Waals surface area contributed by atoms with Crippen LogP contribution in [0.2, 0.25) is 5.02 Å². The number of nitrogens with one attached hydrogen (secondary N) is 1. The van der Waals surface area contributed by atoms with Crippen LogP contribution in [-0.2, 0) is 24.1 Å². The lowest BCUT2D eigenvalue weighted by Crippen LogP contribution is -2.15. The Morgan fingerprint density at radius 3 is 2.69 bits per heavy atom. The van der Waals surface area contributed by atoms with Crippen LogP contribution >= 0.6 is 11.6 Å². The SMILES string of the molecule is Cc1nn(CCC(=O)Nc2cnn(Cc3cccc(C(F)(F)F)c3)c2)c(C)c1Cl. The molecule has 10 heteroatoms. The van der Waals surface area contributed by atoms with Gasteiger partial charge in [-0.15, -0.1) is 0 Å². The minimum Gasteiger partial charge on any atom is -0.323 e. The number of alkyl halides is 3. The van der Waals surface area contributed by atoms with Crippen molar-refractivity contribution in [2.45, 2.75) is 39.5 Å². The summed E-state index contributed by atoms with van der Waals surface area (Å²) in [5.74, 6) is -0.229. The first-order chi connectivity index (χ1) is 13.6. The van der Waals surface area contributed by atoms with Gasteiger partial charge in [0.25, 0.3) is 0 Å². The van der Waals surface area contributed by atoms with E-state index < -0.39 is 11.7 Å². The van der Waals surface area contributed by atoms with Crippen LogP contribution in [0.5, 0.6) is 0 Å². The number of halogens is 4. The molecule has 0 bridgehead atoms. The maximum Gasteiger partial charge on any atom is 0.416 e. The number of amides is 1. The normalized spacial score (nSPS) is 11.7. The van der Waals surface area contributed by atoms with E-state index in [9.17, 15) is 18.0 Å². The van der Waals surface area contributed by atoms with Gasteiger partial charge in [-0.3, -0.25) is 14.2 Å². The van der Waals surface area contributed by atoms with E-state index in [1.165, 1.54) is 16.9 Å². The molecule has 1 aromatic carbocycles. The number of carbonyl (C=O) groups is 1. The Bertz CT molecular complexity index is 1030. The molecule has 0 atom stereocenters. The van der Waals surface area contributed by atoms with Gasteiger partial charge in [-0.25, -0.2) is 0 Å². The molecule has 0 aliphatic carbocycles. The van der Waals surface area contributed by atoms with Gasteiger partial charge in [0.1, 0.15) is 0 Å². The Hall–Kier alpha value is -2.81. The summed E-state index contributed by atoms with van der Waals surface area (Å²) in [6.45, 7) is 4.16. The lowest BCUT2D eigenvalue weighted by atomic mass is 10.1. The third-order valence-corrected chi connectivity index (χ3v) is 4.91. The minimum absolute atomic E-state index is 0.157. The highest BCUT2D eigenvalue weighted by Crippen LogP contribution is 2.29. The number of hydrogen-bond acceptors (Lipinski definition) is 3.